The zero-order valence-corrected chi connectivity index (χ0v) is 12.8. The second-order valence-corrected chi connectivity index (χ2v) is 6.15. The third-order valence-electron chi connectivity index (χ3n) is 2.83. The highest BCUT2D eigenvalue weighted by molar-refractivity contribution is 9.10. The van der Waals surface area contributed by atoms with E-state index in [-0.39, 0.29) is 6.04 Å². The van der Waals surface area contributed by atoms with Crippen molar-refractivity contribution in [3.63, 3.8) is 0 Å². The second-order valence-electron chi connectivity index (χ2n) is 4.29. The molecule has 0 saturated heterocycles. The number of hydrogen-bond donors (Lipinski definition) is 1. The van der Waals surface area contributed by atoms with Gasteiger partial charge in [-0.05, 0) is 47.0 Å². The van der Waals surface area contributed by atoms with Crippen molar-refractivity contribution in [1.82, 2.24) is 0 Å². The van der Waals surface area contributed by atoms with Gasteiger partial charge >= 0.3 is 0 Å². The summed E-state index contributed by atoms with van der Waals surface area (Å²) in [6, 6.07) is 8.29. The Balaban J connectivity index is 2.20. The molecule has 0 radical (unpaired) electrons. The summed E-state index contributed by atoms with van der Waals surface area (Å²) in [4.78, 5) is 1.19. The Hall–Kier alpha value is -0.840. The average molecular weight is 326 g/mol. The average Bonchev–Trinajstić information content (AvgIpc) is 2.76. The van der Waals surface area contributed by atoms with E-state index in [1.54, 1.807) is 18.4 Å². The van der Waals surface area contributed by atoms with E-state index in [4.69, 9.17) is 10.5 Å². The fourth-order valence-corrected chi connectivity index (χ4v) is 3.38. The van der Waals surface area contributed by atoms with Gasteiger partial charge in [-0.2, -0.15) is 0 Å². The van der Waals surface area contributed by atoms with E-state index in [9.17, 15) is 0 Å². The summed E-state index contributed by atoms with van der Waals surface area (Å²) in [7, 11) is 1.70. The Kier molecular flexibility index (Phi) is 4.43. The van der Waals surface area contributed by atoms with Gasteiger partial charge in [0.2, 0.25) is 0 Å². The van der Waals surface area contributed by atoms with Crippen LogP contribution in [0.4, 0.5) is 0 Å². The molecule has 0 fully saturated rings. The van der Waals surface area contributed by atoms with E-state index < -0.39 is 0 Å². The smallest absolute Gasteiger partial charge is 0.122 e. The first-order chi connectivity index (χ1) is 8.60. The zero-order chi connectivity index (χ0) is 13.1. The number of nitrogens with two attached hydrogens (primary N) is 1. The minimum atomic E-state index is 0.0111. The summed E-state index contributed by atoms with van der Waals surface area (Å²) in [5.41, 5.74) is 8.64. The Morgan fingerprint density at radius 3 is 2.78 bits per heavy atom. The molecule has 0 aliphatic carbocycles. The van der Waals surface area contributed by atoms with Crippen molar-refractivity contribution in [3.05, 3.63) is 50.1 Å². The van der Waals surface area contributed by atoms with Crippen molar-refractivity contribution in [2.45, 2.75) is 19.4 Å². The lowest BCUT2D eigenvalue weighted by Crippen LogP contribution is -2.12. The molecule has 1 atom stereocenters. The lowest BCUT2D eigenvalue weighted by atomic mass is 10.0. The van der Waals surface area contributed by atoms with Crippen LogP contribution in [-0.4, -0.2) is 7.11 Å². The molecule has 1 aromatic carbocycles. The van der Waals surface area contributed by atoms with E-state index in [1.165, 1.54) is 10.4 Å². The number of aryl methyl sites for hydroxylation is 1. The van der Waals surface area contributed by atoms with Gasteiger partial charge < -0.3 is 10.5 Å². The largest absolute Gasteiger partial charge is 0.496 e. The van der Waals surface area contributed by atoms with Gasteiger partial charge in [0.25, 0.3) is 0 Å². The number of rotatable bonds is 4. The van der Waals surface area contributed by atoms with Gasteiger partial charge in [-0.25, -0.2) is 0 Å². The molecule has 0 amide bonds. The van der Waals surface area contributed by atoms with Gasteiger partial charge in [0.15, 0.2) is 0 Å². The second kappa shape index (κ2) is 5.87. The van der Waals surface area contributed by atoms with Gasteiger partial charge in [0.05, 0.1) is 7.11 Å². The fraction of sp³-hybridized carbons (Fsp3) is 0.286. The molecule has 18 heavy (non-hydrogen) atoms. The molecule has 2 aromatic rings. The molecular weight excluding hydrogens is 310 g/mol. The Labute approximate surface area is 120 Å². The molecule has 0 aliphatic rings. The Bertz CT molecular complexity index is 538. The standard InChI is InChI=1S/C14H16BrNOS/c1-9-3-4-13(17-2)10(5-9)6-12(16)14-7-11(15)8-18-14/h3-5,7-8,12H,6,16H2,1-2H3. The molecule has 2 N–H and O–H groups in total. The predicted molar refractivity (Wildman–Crippen MR) is 80.4 cm³/mol. The highest BCUT2D eigenvalue weighted by Gasteiger charge is 2.12. The molecule has 2 rings (SSSR count). The van der Waals surface area contributed by atoms with Crippen LogP contribution in [0.15, 0.2) is 34.1 Å². The summed E-state index contributed by atoms with van der Waals surface area (Å²) in [6.07, 6.45) is 0.789. The fourth-order valence-electron chi connectivity index (χ4n) is 1.93. The van der Waals surface area contributed by atoms with E-state index in [1.807, 2.05) is 6.07 Å². The van der Waals surface area contributed by atoms with Gasteiger partial charge in [-0.1, -0.05) is 17.7 Å². The van der Waals surface area contributed by atoms with Crippen molar-refractivity contribution >= 4 is 27.3 Å². The maximum absolute atomic E-state index is 6.25. The molecule has 1 heterocycles. The predicted octanol–water partition coefficient (Wildman–Crippen LogP) is 4.07. The summed E-state index contributed by atoms with van der Waals surface area (Å²) in [6.45, 7) is 2.08. The molecule has 0 bridgehead atoms. The van der Waals surface area contributed by atoms with Crippen molar-refractivity contribution in [2.24, 2.45) is 5.73 Å². The van der Waals surface area contributed by atoms with E-state index in [2.05, 4.69) is 46.4 Å². The minimum Gasteiger partial charge on any atom is -0.496 e. The molecular formula is C14H16BrNOS. The molecule has 0 saturated carbocycles. The third-order valence-corrected chi connectivity index (χ3v) is 4.65. The number of hydrogen-bond acceptors (Lipinski definition) is 3. The van der Waals surface area contributed by atoms with Crippen molar-refractivity contribution in [1.29, 1.82) is 0 Å². The van der Waals surface area contributed by atoms with Gasteiger partial charge in [0.1, 0.15) is 5.75 Å². The Morgan fingerprint density at radius 1 is 1.39 bits per heavy atom. The normalized spacial score (nSPS) is 12.4. The van der Waals surface area contributed by atoms with Crippen LogP contribution >= 0.6 is 27.3 Å². The van der Waals surface area contributed by atoms with Crippen LogP contribution in [-0.2, 0) is 6.42 Å². The SMILES string of the molecule is COc1ccc(C)cc1CC(N)c1cc(Br)cs1. The molecule has 0 aliphatic heterocycles. The summed E-state index contributed by atoms with van der Waals surface area (Å²) < 4.78 is 6.47. The number of benzene rings is 1. The number of methoxy groups -OCH3 is 1. The molecule has 1 aromatic heterocycles. The highest BCUT2D eigenvalue weighted by Crippen LogP contribution is 2.29. The molecule has 1 unspecified atom stereocenters. The van der Waals surface area contributed by atoms with Gasteiger partial charge in [-0.3, -0.25) is 0 Å². The summed E-state index contributed by atoms with van der Waals surface area (Å²) in [5, 5.41) is 2.06. The quantitative estimate of drug-likeness (QED) is 0.919. The first-order valence-electron chi connectivity index (χ1n) is 5.73. The van der Waals surface area contributed by atoms with Crippen molar-refractivity contribution in [2.75, 3.05) is 7.11 Å². The van der Waals surface area contributed by atoms with Crippen molar-refractivity contribution < 1.29 is 4.74 Å². The van der Waals surface area contributed by atoms with Crippen LogP contribution in [0, 0.1) is 6.92 Å². The highest BCUT2D eigenvalue weighted by atomic mass is 79.9. The van der Waals surface area contributed by atoms with E-state index in [0.29, 0.717) is 0 Å². The van der Waals surface area contributed by atoms with Crippen LogP contribution in [0.1, 0.15) is 22.0 Å². The monoisotopic (exact) mass is 325 g/mol. The zero-order valence-electron chi connectivity index (χ0n) is 10.4. The summed E-state index contributed by atoms with van der Waals surface area (Å²) in [5.74, 6) is 0.909. The maximum atomic E-state index is 6.25. The van der Waals surface area contributed by atoms with E-state index >= 15 is 0 Å². The van der Waals surface area contributed by atoms with Crippen molar-refractivity contribution in [3.8, 4) is 5.75 Å². The van der Waals surface area contributed by atoms with Crippen LogP contribution in [0.2, 0.25) is 0 Å². The topological polar surface area (TPSA) is 35.2 Å². The van der Waals surface area contributed by atoms with Crippen LogP contribution in [0.5, 0.6) is 5.75 Å². The Morgan fingerprint density at radius 2 is 2.17 bits per heavy atom. The number of thiophene rings is 1. The van der Waals surface area contributed by atoms with Crippen LogP contribution in [0.25, 0.3) is 0 Å². The molecule has 0 spiro atoms. The number of ether oxygens (including phenoxy) is 1. The number of halogens is 1. The van der Waals surface area contributed by atoms with E-state index in [0.717, 1.165) is 22.2 Å². The van der Waals surface area contributed by atoms with Crippen LogP contribution < -0.4 is 10.5 Å². The maximum Gasteiger partial charge on any atom is 0.122 e. The lowest BCUT2D eigenvalue weighted by molar-refractivity contribution is 0.408. The third kappa shape index (κ3) is 3.13. The van der Waals surface area contributed by atoms with Gasteiger partial charge in [-0.15, -0.1) is 11.3 Å². The first kappa shape index (κ1) is 13.6. The minimum absolute atomic E-state index is 0.0111. The lowest BCUT2D eigenvalue weighted by Gasteiger charge is -2.13. The first-order valence-corrected chi connectivity index (χ1v) is 7.40. The molecule has 2 nitrogen and oxygen atoms in total. The van der Waals surface area contributed by atoms with Gasteiger partial charge in [0, 0.05) is 20.8 Å². The molecule has 96 valence electrons. The van der Waals surface area contributed by atoms with Crippen LogP contribution in [0.3, 0.4) is 0 Å². The summed E-state index contributed by atoms with van der Waals surface area (Å²) >= 11 is 5.14. The molecule has 4 heteroatoms.